The van der Waals surface area contributed by atoms with Gasteiger partial charge < -0.3 is 0 Å². The van der Waals surface area contributed by atoms with Gasteiger partial charge in [-0.25, -0.2) is 0 Å². The van der Waals surface area contributed by atoms with Gasteiger partial charge in [-0.1, -0.05) is 55.7 Å². The molecule has 1 aliphatic rings. The van der Waals surface area contributed by atoms with Crippen LogP contribution in [0.2, 0.25) is 0 Å². The Morgan fingerprint density at radius 1 is 0.568 bits per heavy atom. The van der Waals surface area contributed by atoms with E-state index in [4.69, 9.17) is 10.2 Å². The maximum Gasteiger partial charge on any atom is 2.00 e. The van der Waals surface area contributed by atoms with Crippen molar-refractivity contribution in [3.05, 3.63) is 121 Å². The molecule has 0 N–H and O–H groups in total. The molecule has 0 unspecified atom stereocenters. The molecule has 7 rings (SSSR count). The molecule has 4 aromatic carbocycles. The van der Waals surface area contributed by atoms with Gasteiger partial charge in [0.05, 0.1) is 11.0 Å². The zero-order chi connectivity index (χ0) is 24.0. The predicted molar refractivity (Wildman–Crippen MR) is 144 cm³/mol. The summed E-state index contributed by atoms with van der Waals surface area (Å²) < 4.78 is 3.92. The van der Waals surface area contributed by atoms with Gasteiger partial charge in [-0.2, -0.15) is 57.7 Å². The van der Waals surface area contributed by atoms with E-state index in [9.17, 15) is 0 Å². The molecule has 0 spiro atoms. The van der Waals surface area contributed by atoms with Crippen LogP contribution in [0.3, 0.4) is 0 Å². The van der Waals surface area contributed by atoms with Crippen molar-refractivity contribution in [2.24, 2.45) is 0 Å². The van der Waals surface area contributed by atoms with Crippen LogP contribution in [-0.2, 0) is 26.5 Å². The van der Waals surface area contributed by atoms with Crippen LogP contribution in [0.15, 0.2) is 97.3 Å². The van der Waals surface area contributed by atoms with Crippen LogP contribution in [0.4, 0.5) is 0 Å². The minimum absolute atomic E-state index is 0. The molecule has 4 nitrogen and oxygen atoms in total. The van der Waals surface area contributed by atoms with Gasteiger partial charge in [-0.05, 0) is 41.8 Å². The summed E-state index contributed by atoms with van der Waals surface area (Å²) in [7, 11) is 0. The number of hydrogen-bond acceptors (Lipinski definition) is 2. The van der Waals surface area contributed by atoms with Crippen molar-refractivity contribution in [3.63, 3.8) is 0 Å². The van der Waals surface area contributed by atoms with Gasteiger partial charge in [-0.3, -0.25) is 9.36 Å². The van der Waals surface area contributed by atoms with Crippen LogP contribution >= 0.6 is 0 Å². The van der Waals surface area contributed by atoms with Crippen LogP contribution < -0.4 is 0 Å². The molecule has 1 aliphatic carbocycles. The molecule has 0 atom stereocenters. The van der Waals surface area contributed by atoms with E-state index in [-0.39, 0.29) is 26.5 Å². The maximum atomic E-state index is 4.81. The van der Waals surface area contributed by atoms with Crippen molar-refractivity contribution < 1.29 is 21.1 Å². The third-order valence-electron chi connectivity index (χ3n) is 7.62. The number of nitrogens with zero attached hydrogens (tertiary/aromatic N) is 4. The average molecular weight is 662 g/mol. The van der Waals surface area contributed by atoms with E-state index in [1.807, 2.05) is 21.5 Å². The molecule has 0 bridgehead atoms. The van der Waals surface area contributed by atoms with Crippen LogP contribution in [-0.4, -0.2) is 19.6 Å². The molecule has 1 saturated carbocycles. The molecule has 2 aromatic heterocycles. The van der Waals surface area contributed by atoms with Gasteiger partial charge in [0, 0.05) is 23.2 Å². The van der Waals surface area contributed by atoms with Crippen LogP contribution in [0.5, 0.6) is 0 Å². The van der Waals surface area contributed by atoms with Crippen LogP contribution in [0, 0.1) is 12.1 Å². The fraction of sp³-hybridized carbons (Fsp3) is 0.188. The average Bonchev–Trinajstić information content (AvgIpc) is 3.58. The van der Waals surface area contributed by atoms with Gasteiger partial charge >= 0.3 is 21.1 Å². The summed E-state index contributed by atoms with van der Waals surface area (Å²) in [5, 5.41) is 11.9. The van der Waals surface area contributed by atoms with Gasteiger partial charge in [-0.15, -0.1) is 12.1 Å². The fourth-order valence-electron chi connectivity index (χ4n) is 5.75. The molecule has 0 aliphatic heterocycles. The minimum Gasteiger partial charge on any atom is -0.264 e. The molecule has 0 radical (unpaired) electrons. The fourth-order valence-corrected chi connectivity index (χ4v) is 5.75. The molecule has 0 saturated heterocycles. The van der Waals surface area contributed by atoms with Gasteiger partial charge in [0.25, 0.3) is 0 Å². The van der Waals surface area contributed by atoms with Gasteiger partial charge in [0.15, 0.2) is 0 Å². The molecule has 5 heteroatoms. The second kappa shape index (κ2) is 9.76. The second-order valence-corrected chi connectivity index (χ2v) is 9.81. The first kappa shape index (κ1) is 23.9. The monoisotopic (exact) mass is 661 g/mol. The Hall–Kier alpha value is -3.49. The van der Waals surface area contributed by atoms with E-state index < -0.39 is 0 Å². The smallest absolute Gasteiger partial charge is 0.264 e. The minimum atomic E-state index is -0.122. The summed E-state index contributed by atoms with van der Waals surface area (Å²) in [5.41, 5.74) is 6.26. The summed E-state index contributed by atoms with van der Waals surface area (Å²) in [4.78, 5) is 0. The molecular formula is C32H26N4Pt. The largest absolute Gasteiger partial charge is 2.00 e. The topological polar surface area (TPSA) is 35.6 Å². The summed E-state index contributed by atoms with van der Waals surface area (Å²) in [6.07, 6.45) is 10.0. The van der Waals surface area contributed by atoms with E-state index in [1.165, 1.54) is 30.4 Å². The first-order valence-corrected chi connectivity index (χ1v) is 12.7. The maximum absolute atomic E-state index is 4.81. The Morgan fingerprint density at radius 2 is 1.05 bits per heavy atom. The van der Waals surface area contributed by atoms with Gasteiger partial charge in [0.2, 0.25) is 0 Å². The van der Waals surface area contributed by atoms with Gasteiger partial charge in [0.1, 0.15) is 0 Å². The molecule has 184 valence electrons. The Labute approximate surface area is 231 Å². The van der Waals surface area contributed by atoms with E-state index in [0.29, 0.717) is 0 Å². The molecular weight excluding hydrogens is 635 g/mol. The van der Waals surface area contributed by atoms with Crippen LogP contribution in [0.25, 0.3) is 33.2 Å². The Bertz CT molecular complexity index is 1500. The molecule has 2 heterocycles. The number of benzene rings is 4. The summed E-state index contributed by atoms with van der Waals surface area (Å²) in [6, 6.07) is 37.0. The van der Waals surface area contributed by atoms with E-state index in [0.717, 1.165) is 46.0 Å². The molecule has 0 amide bonds. The quantitative estimate of drug-likeness (QED) is 0.187. The van der Waals surface area contributed by atoms with Crippen LogP contribution in [0.1, 0.15) is 43.2 Å². The van der Waals surface area contributed by atoms with Crippen molar-refractivity contribution in [1.29, 1.82) is 0 Å². The normalized spacial score (nSPS) is 15.0. The van der Waals surface area contributed by atoms with E-state index in [2.05, 4.69) is 97.3 Å². The Kier molecular flexibility index (Phi) is 6.30. The number of rotatable bonds is 4. The van der Waals surface area contributed by atoms with E-state index >= 15 is 0 Å². The standard InChI is InChI=1S/C32H26N4.Pt/c1-6-18-32(19-7-1,26-12-8-14-28(20-26)35-22-24-10-2-4-16-30(24)33-35)27-13-9-15-29(21-27)36-23-25-11-3-5-17-31(25)34-36;/h2-5,8-17,22-23H,1,6-7,18-19H2;/q-2;+2. The predicted octanol–water partition coefficient (Wildman–Crippen LogP) is 7.21. The third-order valence-corrected chi connectivity index (χ3v) is 7.62. The molecule has 1 fully saturated rings. The van der Waals surface area contributed by atoms with Crippen molar-refractivity contribution in [2.75, 3.05) is 0 Å². The zero-order valence-electron chi connectivity index (χ0n) is 20.4. The number of fused-ring (bicyclic) bond motifs is 2. The second-order valence-electron chi connectivity index (χ2n) is 9.81. The summed E-state index contributed by atoms with van der Waals surface area (Å²) in [5.74, 6) is 0. The number of hydrogen-bond donors (Lipinski definition) is 0. The first-order chi connectivity index (χ1) is 17.8. The van der Waals surface area contributed by atoms with Crippen molar-refractivity contribution in [1.82, 2.24) is 19.6 Å². The van der Waals surface area contributed by atoms with Crippen molar-refractivity contribution >= 4 is 21.8 Å². The summed E-state index contributed by atoms with van der Waals surface area (Å²) in [6.45, 7) is 0. The zero-order valence-corrected chi connectivity index (χ0v) is 22.7. The van der Waals surface area contributed by atoms with Crippen molar-refractivity contribution in [2.45, 2.75) is 37.5 Å². The number of aromatic nitrogens is 4. The molecule has 37 heavy (non-hydrogen) atoms. The Morgan fingerprint density at radius 3 is 1.54 bits per heavy atom. The van der Waals surface area contributed by atoms with Crippen molar-refractivity contribution in [3.8, 4) is 11.4 Å². The first-order valence-electron chi connectivity index (χ1n) is 12.7. The summed E-state index contributed by atoms with van der Waals surface area (Å²) >= 11 is 0. The SMILES string of the molecule is [Pt+2].[c-]1c(-n2cc3ccccc3n2)cccc1C1(c2[c-]c(-n3cc4ccccc4n3)ccc2)CCCCC1. The Balaban J connectivity index is 0.00000252. The molecule has 6 aromatic rings. The third kappa shape index (κ3) is 4.24. The van der Waals surface area contributed by atoms with E-state index in [1.54, 1.807) is 0 Å².